The van der Waals surface area contributed by atoms with Gasteiger partial charge in [-0.25, -0.2) is 16.8 Å². The van der Waals surface area contributed by atoms with Crippen LogP contribution in [0.2, 0.25) is 0 Å². The van der Waals surface area contributed by atoms with Gasteiger partial charge in [0.1, 0.15) is 0 Å². The minimum atomic E-state index is -6.09. The molecular formula is C22H18F6N4O8Pd2S2. The predicted molar refractivity (Wildman–Crippen MR) is 130 cm³/mol. The number of hydrogen-bond donors (Lipinski definition) is 0. The number of nitrogens with zero attached hydrogens (tertiary/aromatic N) is 4. The van der Waals surface area contributed by atoms with Crippen LogP contribution in [0.3, 0.4) is 0 Å². The Hall–Kier alpha value is -2.76. The molecule has 4 aromatic rings. The molecule has 0 amide bonds. The molecule has 0 unspecified atom stereocenters. The number of hydrogen-bond acceptors (Lipinski definition) is 12. The number of pyridine rings is 4. The molecule has 12 nitrogen and oxygen atoms in total. The molecule has 4 heterocycles. The number of halogens is 6. The smallest absolute Gasteiger partial charge is 0.870 e. The minimum absolute atomic E-state index is 0. The normalized spacial score (nSPS) is 10.4. The Kier molecular flexibility index (Phi) is 23.9. The van der Waals surface area contributed by atoms with Crippen molar-refractivity contribution >= 4 is 20.2 Å². The molecule has 0 radical (unpaired) electrons. The van der Waals surface area contributed by atoms with Gasteiger partial charge in [-0.3, -0.25) is 19.9 Å². The van der Waals surface area contributed by atoms with E-state index in [1.165, 1.54) is 0 Å². The van der Waals surface area contributed by atoms with Crippen molar-refractivity contribution in [3.8, 4) is 22.8 Å². The minimum Gasteiger partial charge on any atom is -0.870 e. The van der Waals surface area contributed by atoms with Gasteiger partial charge in [0.15, 0.2) is 20.2 Å². The Morgan fingerprint density at radius 2 is 0.614 bits per heavy atom. The first-order chi connectivity index (χ1) is 18.4. The van der Waals surface area contributed by atoms with E-state index in [9.17, 15) is 26.3 Å². The molecule has 0 aliphatic carbocycles. The topological polar surface area (TPSA) is 226 Å². The van der Waals surface area contributed by atoms with Gasteiger partial charge in [0.25, 0.3) is 0 Å². The van der Waals surface area contributed by atoms with E-state index in [0.29, 0.717) is 0 Å². The molecule has 4 rings (SSSR count). The van der Waals surface area contributed by atoms with E-state index in [0.717, 1.165) is 22.8 Å². The van der Waals surface area contributed by atoms with Gasteiger partial charge in [-0.1, -0.05) is 24.3 Å². The summed E-state index contributed by atoms with van der Waals surface area (Å²) < 4.78 is 118. The van der Waals surface area contributed by atoms with Gasteiger partial charge >= 0.3 is 51.9 Å². The van der Waals surface area contributed by atoms with Crippen molar-refractivity contribution in [2.24, 2.45) is 0 Å². The molecule has 0 saturated heterocycles. The fourth-order valence-electron chi connectivity index (χ4n) is 2.06. The molecule has 0 atom stereocenters. The summed E-state index contributed by atoms with van der Waals surface area (Å²) in [5, 5.41) is 0. The Morgan fingerprint density at radius 3 is 0.705 bits per heavy atom. The third-order valence-corrected chi connectivity index (χ3v) is 4.89. The molecule has 22 heteroatoms. The van der Waals surface area contributed by atoms with Crippen LogP contribution in [-0.4, -0.2) is 67.8 Å². The van der Waals surface area contributed by atoms with Crippen LogP contribution in [0.1, 0.15) is 0 Å². The van der Waals surface area contributed by atoms with Crippen LogP contribution in [0, 0.1) is 0 Å². The Balaban J connectivity index is -0.000000240. The fraction of sp³-hybridized carbons (Fsp3) is 0.0909. The van der Waals surface area contributed by atoms with Gasteiger partial charge in [0.2, 0.25) is 0 Å². The summed E-state index contributed by atoms with van der Waals surface area (Å²) in [5.74, 6) is 0. The summed E-state index contributed by atoms with van der Waals surface area (Å²) in [6.07, 6.45) is 7.07. The molecule has 0 aliphatic rings. The zero-order valence-electron chi connectivity index (χ0n) is 21.1. The predicted octanol–water partition coefficient (Wildman–Crippen LogP) is 4.03. The molecule has 44 heavy (non-hydrogen) atoms. The van der Waals surface area contributed by atoms with Crippen molar-refractivity contribution in [3.05, 3.63) is 97.6 Å². The van der Waals surface area contributed by atoms with E-state index in [2.05, 4.69) is 19.9 Å². The molecule has 0 aliphatic heterocycles. The van der Waals surface area contributed by atoms with Gasteiger partial charge in [-0.15, -0.1) is 0 Å². The first kappa shape index (κ1) is 48.2. The molecule has 0 bridgehead atoms. The summed E-state index contributed by atoms with van der Waals surface area (Å²) in [4.78, 5) is 16.7. The van der Waals surface area contributed by atoms with E-state index in [1.54, 1.807) is 24.8 Å². The maximum absolute atomic E-state index is 10.7. The second-order valence-electron chi connectivity index (χ2n) is 6.66. The van der Waals surface area contributed by atoms with Crippen LogP contribution < -0.4 is 0 Å². The van der Waals surface area contributed by atoms with Crippen LogP contribution in [0.15, 0.2) is 97.6 Å². The standard InChI is InChI=1S/2C10H8N2.2CHF3O3S.2H2O.2Pd/c2*1-3-7-11-9(5-1)10-6-2-4-8-12-10;2*2-1(3,4)8(5,6)7;;;;/h2*1-8H;2*(H,5,6,7);2*1H2;;/q;;;;;;2*+2/p-4. The molecular weight excluding hydrogens is 839 g/mol. The van der Waals surface area contributed by atoms with Crippen LogP contribution >= 0.6 is 0 Å². The summed E-state index contributed by atoms with van der Waals surface area (Å²) in [7, 11) is -12.2. The first-order valence-corrected chi connectivity index (χ1v) is 12.9. The molecule has 4 aromatic heterocycles. The second kappa shape index (κ2) is 21.9. The summed E-state index contributed by atoms with van der Waals surface area (Å²) in [6.45, 7) is 0. The summed E-state index contributed by atoms with van der Waals surface area (Å²) in [6, 6.07) is 23.2. The second-order valence-corrected chi connectivity index (χ2v) is 9.40. The molecule has 0 spiro atoms. The third-order valence-electron chi connectivity index (χ3n) is 3.75. The number of rotatable bonds is 2. The van der Waals surface area contributed by atoms with Crippen molar-refractivity contribution in [2.75, 3.05) is 0 Å². The maximum Gasteiger partial charge on any atom is 2.00 e. The zero-order chi connectivity index (χ0) is 30.5. The average molecular weight is 857 g/mol. The van der Waals surface area contributed by atoms with Crippen LogP contribution in [0.4, 0.5) is 26.3 Å². The van der Waals surface area contributed by atoms with Gasteiger partial charge in [0.05, 0.1) is 22.8 Å². The first-order valence-electron chi connectivity index (χ1n) is 10.1. The SMILES string of the molecule is O=S(=O)([O-])C(F)(F)F.O=S(=O)([O-])C(F)(F)F.[OH-].[OH-].[Pd+2].[Pd+2].c1ccc(-c2ccccn2)nc1.c1ccc(-c2ccccn2)nc1. The van der Waals surface area contributed by atoms with Crippen LogP contribution in [0.5, 0.6) is 0 Å². The van der Waals surface area contributed by atoms with Crippen molar-refractivity contribution in [3.63, 3.8) is 0 Å². The van der Waals surface area contributed by atoms with E-state index >= 15 is 0 Å². The van der Waals surface area contributed by atoms with E-state index < -0.39 is 31.3 Å². The van der Waals surface area contributed by atoms with Gasteiger partial charge < -0.3 is 20.1 Å². The van der Waals surface area contributed by atoms with E-state index in [4.69, 9.17) is 25.9 Å². The summed E-state index contributed by atoms with van der Waals surface area (Å²) in [5.41, 5.74) is -7.63. The molecule has 0 fully saturated rings. The van der Waals surface area contributed by atoms with Crippen molar-refractivity contribution < 1.29 is 104 Å². The Morgan fingerprint density at radius 1 is 0.455 bits per heavy atom. The third kappa shape index (κ3) is 18.8. The van der Waals surface area contributed by atoms with Crippen molar-refractivity contribution in [1.29, 1.82) is 0 Å². The number of alkyl halides is 6. The van der Waals surface area contributed by atoms with Crippen molar-refractivity contribution in [1.82, 2.24) is 19.9 Å². The Labute approximate surface area is 274 Å². The van der Waals surface area contributed by atoms with Crippen molar-refractivity contribution in [2.45, 2.75) is 11.0 Å². The van der Waals surface area contributed by atoms with E-state index in [-0.39, 0.29) is 51.8 Å². The van der Waals surface area contributed by atoms with Gasteiger partial charge in [-0.2, -0.15) is 26.3 Å². The number of aromatic nitrogens is 4. The van der Waals surface area contributed by atoms with Crippen LogP contribution in [-0.2, 0) is 61.1 Å². The van der Waals surface area contributed by atoms with Gasteiger partial charge in [0, 0.05) is 24.8 Å². The molecule has 248 valence electrons. The average Bonchev–Trinajstić information content (AvgIpc) is 2.90. The zero-order valence-corrected chi connectivity index (χ0v) is 25.8. The monoisotopic (exact) mass is 856 g/mol. The van der Waals surface area contributed by atoms with E-state index in [1.807, 2.05) is 72.8 Å². The summed E-state index contributed by atoms with van der Waals surface area (Å²) >= 11 is 0. The largest absolute Gasteiger partial charge is 2.00 e. The molecule has 0 aromatic carbocycles. The fourth-order valence-corrected chi connectivity index (χ4v) is 2.06. The van der Waals surface area contributed by atoms with Gasteiger partial charge in [-0.05, 0) is 48.5 Å². The quantitative estimate of drug-likeness (QED) is 0.121. The maximum atomic E-state index is 10.7. The van der Waals surface area contributed by atoms with Crippen LogP contribution in [0.25, 0.3) is 22.8 Å². The molecule has 2 N–H and O–H groups in total. The molecule has 0 saturated carbocycles. The Bertz CT molecular complexity index is 1320.